The van der Waals surface area contributed by atoms with E-state index in [0.29, 0.717) is 0 Å². The molecule has 36 heavy (non-hydrogen) atoms. The molecule has 1 saturated carbocycles. The number of aromatic hydroxyl groups is 1. The molecule has 1 aromatic carbocycles. The molecule has 6 N–H and O–H groups in total. The van der Waals surface area contributed by atoms with Crippen LogP contribution in [-0.2, 0) is 23.7 Å². The van der Waals surface area contributed by atoms with E-state index in [0.717, 1.165) is 0 Å². The fraction of sp³-hybridized carbons (Fsp3) is 0.609. The van der Waals surface area contributed by atoms with Crippen LogP contribution in [-0.4, -0.2) is 112 Å². The number of phenols is 1. The molecule has 13 heteroatoms. The molecule has 4 aliphatic rings. The van der Waals surface area contributed by atoms with Crippen LogP contribution in [0.2, 0.25) is 0 Å². The van der Waals surface area contributed by atoms with E-state index < -0.39 is 85.8 Å². The molecule has 0 spiro atoms. The van der Waals surface area contributed by atoms with Crippen molar-refractivity contribution in [3.8, 4) is 11.5 Å². The van der Waals surface area contributed by atoms with Crippen molar-refractivity contribution in [2.75, 3.05) is 20.3 Å². The third-order valence-electron chi connectivity index (χ3n) is 7.26. The van der Waals surface area contributed by atoms with Crippen molar-refractivity contribution in [2.45, 2.75) is 54.8 Å². The van der Waals surface area contributed by atoms with Crippen molar-refractivity contribution in [2.24, 2.45) is 11.8 Å². The first-order valence-corrected chi connectivity index (χ1v) is 11.4. The molecule has 0 bridgehead atoms. The Balaban J connectivity index is 1.35. The lowest BCUT2D eigenvalue weighted by molar-refractivity contribution is -0.344. The highest BCUT2D eigenvalue weighted by Gasteiger charge is 2.77. The first-order chi connectivity index (χ1) is 17.2. The van der Waals surface area contributed by atoms with Crippen molar-refractivity contribution in [1.82, 2.24) is 0 Å². The minimum atomic E-state index is -1.66. The van der Waals surface area contributed by atoms with E-state index in [1.54, 1.807) is 6.08 Å². The predicted molar refractivity (Wildman–Crippen MR) is 114 cm³/mol. The third kappa shape index (κ3) is 3.92. The molecule has 11 atom stereocenters. The molecule has 0 amide bonds. The van der Waals surface area contributed by atoms with Crippen molar-refractivity contribution in [1.29, 1.82) is 0 Å². The maximum absolute atomic E-state index is 12.9. The summed E-state index contributed by atoms with van der Waals surface area (Å²) in [6.07, 6.45) is -7.19. The van der Waals surface area contributed by atoms with Crippen molar-refractivity contribution >= 4 is 5.97 Å². The smallest absolute Gasteiger partial charge is 0.338 e. The SMILES string of the molecule is COc1cc(C(=O)O[C@H]2[C@H]3C=CO[C@H](O[C@@H]4O[C@H](CO)[C@@H](O)[C@H](O)[C@H]4O)[C@H]3[C@]3(CO)O[C@H]23)ccc1O. The number of fused-ring (bicyclic) bond motifs is 3. The second-order valence-corrected chi connectivity index (χ2v) is 9.18. The van der Waals surface area contributed by atoms with Gasteiger partial charge in [0.25, 0.3) is 0 Å². The van der Waals surface area contributed by atoms with E-state index >= 15 is 0 Å². The van der Waals surface area contributed by atoms with E-state index in [1.807, 2.05) is 0 Å². The Kier molecular flexibility index (Phi) is 6.59. The standard InChI is InChI=1S/C23H28O13/c1-31-12-6-9(2-3-11(12)26)20(30)34-18-10-4-5-32-21(14(10)23(8-25)19(18)36-23)35-22-17(29)16(28)15(27)13(7-24)33-22/h2-6,10,13-19,21-22,24-29H,7-8H2,1H3/t10-,13+,14-,15+,16-,17+,18-,19+,21+,22-,23-/m0/s1. The zero-order valence-corrected chi connectivity index (χ0v) is 19.1. The van der Waals surface area contributed by atoms with Crippen LogP contribution in [0.15, 0.2) is 30.5 Å². The number of hydrogen-bond acceptors (Lipinski definition) is 13. The van der Waals surface area contributed by atoms with Gasteiger partial charge >= 0.3 is 5.97 Å². The van der Waals surface area contributed by atoms with E-state index in [4.69, 9.17) is 28.4 Å². The van der Waals surface area contributed by atoms with E-state index in [1.165, 1.54) is 31.6 Å². The number of carbonyl (C=O) groups excluding carboxylic acids is 1. The lowest BCUT2D eigenvalue weighted by Gasteiger charge is -2.43. The average Bonchev–Trinajstić information content (AvgIpc) is 3.56. The largest absolute Gasteiger partial charge is 0.504 e. The molecule has 2 saturated heterocycles. The summed E-state index contributed by atoms with van der Waals surface area (Å²) in [5, 5.41) is 59.8. The summed E-state index contributed by atoms with van der Waals surface area (Å²) in [5.74, 6) is -1.95. The molecule has 13 nitrogen and oxygen atoms in total. The van der Waals surface area contributed by atoms with Crippen LogP contribution in [0.5, 0.6) is 11.5 Å². The highest BCUT2D eigenvalue weighted by Crippen LogP contribution is 2.60. The van der Waals surface area contributed by atoms with Crippen LogP contribution in [0.4, 0.5) is 0 Å². The van der Waals surface area contributed by atoms with Gasteiger partial charge in [-0.2, -0.15) is 0 Å². The highest BCUT2D eigenvalue weighted by atomic mass is 16.8. The molecule has 5 rings (SSSR count). The summed E-state index contributed by atoms with van der Waals surface area (Å²) in [7, 11) is 1.35. The minimum absolute atomic E-state index is 0.0973. The van der Waals surface area contributed by atoms with Gasteiger partial charge in [-0.25, -0.2) is 4.79 Å². The zero-order chi connectivity index (χ0) is 25.8. The molecule has 1 aromatic rings. The summed E-state index contributed by atoms with van der Waals surface area (Å²) < 4.78 is 33.4. The molecule has 0 unspecified atom stereocenters. The van der Waals surface area contributed by atoms with Crippen LogP contribution >= 0.6 is 0 Å². The number of hydrogen-bond donors (Lipinski definition) is 6. The molecule has 1 aliphatic carbocycles. The first-order valence-electron chi connectivity index (χ1n) is 11.4. The lowest BCUT2D eigenvalue weighted by Crippen LogP contribution is -2.60. The number of phenolic OH excluding ortho intramolecular Hbond substituents is 1. The van der Waals surface area contributed by atoms with Gasteiger partial charge in [-0.15, -0.1) is 0 Å². The molecular formula is C23H28O13. The van der Waals surface area contributed by atoms with Crippen LogP contribution in [0, 0.1) is 11.8 Å². The summed E-state index contributed by atoms with van der Waals surface area (Å²) >= 11 is 0. The predicted octanol–water partition coefficient (Wildman–Crippen LogP) is -2.01. The molecule has 3 fully saturated rings. The molecule has 3 heterocycles. The highest BCUT2D eigenvalue weighted by molar-refractivity contribution is 5.90. The lowest BCUT2D eigenvalue weighted by atomic mass is 9.85. The Labute approximate surface area is 205 Å². The van der Waals surface area contributed by atoms with Gasteiger partial charge in [0.15, 0.2) is 17.8 Å². The van der Waals surface area contributed by atoms with Crippen molar-refractivity contribution in [3.63, 3.8) is 0 Å². The van der Waals surface area contributed by atoms with Gasteiger partial charge in [0.1, 0.15) is 42.2 Å². The summed E-state index contributed by atoms with van der Waals surface area (Å²) in [6.45, 7) is -1.07. The van der Waals surface area contributed by atoms with Crippen LogP contribution < -0.4 is 4.74 Å². The first kappa shape index (κ1) is 25.2. The van der Waals surface area contributed by atoms with Gasteiger partial charge in [-0.05, 0) is 24.3 Å². The Bertz CT molecular complexity index is 1010. The zero-order valence-electron chi connectivity index (χ0n) is 19.1. The number of aliphatic hydroxyl groups is 5. The Morgan fingerprint density at radius 3 is 2.58 bits per heavy atom. The quantitative estimate of drug-likeness (QED) is 0.173. The molecule has 3 aliphatic heterocycles. The normalized spacial score (nSPS) is 42.7. The Morgan fingerprint density at radius 2 is 1.89 bits per heavy atom. The number of aliphatic hydroxyl groups excluding tert-OH is 5. The minimum Gasteiger partial charge on any atom is -0.504 e. The summed E-state index contributed by atoms with van der Waals surface area (Å²) in [6, 6.07) is 4.02. The van der Waals surface area contributed by atoms with E-state index in [-0.39, 0.29) is 17.1 Å². The van der Waals surface area contributed by atoms with Crippen LogP contribution in [0.3, 0.4) is 0 Å². The van der Waals surface area contributed by atoms with Crippen LogP contribution in [0.1, 0.15) is 10.4 Å². The Morgan fingerprint density at radius 1 is 1.11 bits per heavy atom. The van der Waals surface area contributed by atoms with E-state index in [2.05, 4.69) is 0 Å². The second kappa shape index (κ2) is 9.43. The topological polar surface area (TPSA) is 197 Å². The molecule has 198 valence electrons. The van der Waals surface area contributed by atoms with Crippen LogP contribution in [0.25, 0.3) is 0 Å². The van der Waals surface area contributed by atoms with Gasteiger partial charge in [0.05, 0.1) is 38.1 Å². The number of epoxide rings is 1. The number of carbonyl (C=O) groups is 1. The fourth-order valence-electron chi connectivity index (χ4n) is 5.28. The van der Waals surface area contributed by atoms with Gasteiger partial charge in [-0.1, -0.05) is 0 Å². The van der Waals surface area contributed by atoms with E-state index in [9.17, 15) is 35.4 Å². The summed E-state index contributed by atoms with van der Waals surface area (Å²) in [5.41, 5.74) is -1.03. The molecule has 0 radical (unpaired) electrons. The number of benzene rings is 1. The van der Waals surface area contributed by atoms with Crippen molar-refractivity contribution in [3.05, 3.63) is 36.1 Å². The average molecular weight is 512 g/mol. The number of esters is 1. The summed E-state index contributed by atoms with van der Waals surface area (Å²) in [4.78, 5) is 12.9. The number of ether oxygens (including phenoxy) is 6. The fourth-order valence-corrected chi connectivity index (χ4v) is 5.28. The van der Waals surface area contributed by atoms with Gasteiger partial charge in [-0.3, -0.25) is 0 Å². The van der Waals surface area contributed by atoms with Gasteiger partial charge in [0.2, 0.25) is 6.29 Å². The van der Waals surface area contributed by atoms with Crippen molar-refractivity contribution < 1.29 is 63.9 Å². The Hall–Kier alpha value is -2.49. The van der Waals surface area contributed by atoms with Gasteiger partial charge in [0, 0.05) is 5.92 Å². The number of methoxy groups -OCH3 is 1. The van der Waals surface area contributed by atoms with Gasteiger partial charge < -0.3 is 59.1 Å². The monoisotopic (exact) mass is 512 g/mol. The number of rotatable bonds is 7. The second-order valence-electron chi connectivity index (χ2n) is 9.18. The maximum atomic E-state index is 12.9. The molecular weight excluding hydrogens is 484 g/mol. The molecule has 0 aromatic heterocycles. The third-order valence-corrected chi connectivity index (χ3v) is 7.26. The maximum Gasteiger partial charge on any atom is 0.338 e.